The fourth-order valence-electron chi connectivity index (χ4n) is 2.28. The third-order valence-electron chi connectivity index (χ3n) is 3.72. The lowest BCUT2D eigenvalue weighted by Gasteiger charge is -2.17. The largest absolute Gasteiger partial charge is 0.497 e. The smallest absolute Gasteiger partial charge is 0.222 e. The second kappa shape index (κ2) is 8.00. The molecule has 23 heavy (non-hydrogen) atoms. The van der Waals surface area contributed by atoms with E-state index in [2.05, 4.69) is 6.07 Å². The third-order valence-corrected chi connectivity index (χ3v) is 3.72. The number of aryl methyl sites for hydroxylation is 1. The van der Waals surface area contributed by atoms with Crippen LogP contribution in [0.25, 0.3) is 0 Å². The Morgan fingerprint density at radius 1 is 1.09 bits per heavy atom. The number of methoxy groups -OCH3 is 1. The molecule has 0 aromatic heterocycles. The second-order valence-corrected chi connectivity index (χ2v) is 5.41. The molecule has 4 nitrogen and oxygen atoms in total. The topological polar surface area (TPSA) is 53.3 Å². The molecule has 0 saturated carbocycles. The van der Waals surface area contributed by atoms with Crippen molar-refractivity contribution in [1.82, 2.24) is 4.90 Å². The molecule has 0 spiro atoms. The molecule has 1 amide bonds. The summed E-state index contributed by atoms with van der Waals surface area (Å²) in [6.07, 6.45) is 1.18. The van der Waals surface area contributed by atoms with Gasteiger partial charge in [-0.05, 0) is 41.8 Å². The first-order valence-corrected chi connectivity index (χ1v) is 7.48. The number of rotatable bonds is 6. The van der Waals surface area contributed by atoms with Crippen LogP contribution >= 0.6 is 0 Å². The molecule has 4 heteroatoms. The minimum Gasteiger partial charge on any atom is -0.497 e. The summed E-state index contributed by atoms with van der Waals surface area (Å²) < 4.78 is 5.12. The van der Waals surface area contributed by atoms with Crippen molar-refractivity contribution in [1.29, 1.82) is 5.26 Å². The van der Waals surface area contributed by atoms with E-state index in [1.165, 1.54) is 0 Å². The molecule has 2 aromatic carbocycles. The summed E-state index contributed by atoms with van der Waals surface area (Å²) in [6, 6.07) is 17.2. The number of hydrogen-bond acceptors (Lipinski definition) is 3. The van der Waals surface area contributed by atoms with Crippen molar-refractivity contribution in [3.8, 4) is 11.8 Å². The summed E-state index contributed by atoms with van der Waals surface area (Å²) in [6.45, 7) is 0.549. The molecule has 0 atom stereocenters. The van der Waals surface area contributed by atoms with E-state index in [9.17, 15) is 4.79 Å². The Kier molecular flexibility index (Phi) is 5.76. The number of hydrogen-bond donors (Lipinski definition) is 0. The standard InChI is InChI=1S/C19H20N2O2/c1-21(14-17-5-3-16(13-20)4-6-17)19(22)12-9-15-7-10-18(23-2)11-8-15/h3-8,10-11H,9,12,14H2,1-2H3. The van der Waals surface area contributed by atoms with E-state index in [1.54, 1.807) is 31.2 Å². The lowest BCUT2D eigenvalue weighted by molar-refractivity contribution is -0.130. The van der Waals surface area contributed by atoms with Gasteiger partial charge in [0, 0.05) is 20.0 Å². The molecule has 0 saturated heterocycles. The van der Waals surface area contributed by atoms with Crippen LogP contribution in [-0.2, 0) is 17.8 Å². The van der Waals surface area contributed by atoms with Crippen molar-refractivity contribution in [3.63, 3.8) is 0 Å². The van der Waals surface area contributed by atoms with Crippen molar-refractivity contribution in [2.45, 2.75) is 19.4 Å². The van der Waals surface area contributed by atoms with Crippen LogP contribution in [0.4, 0.5) is 0 Å². The first-order valence-electron chi connectivity index (χ1n) is 7.48. The first-order chi connectivity index (χ1) is 11.1. The van der Waals surface area contributed by atoms with Crippen molar-refractivity contribution in [3.05, 3.63) is 65.2 Å². The second-order valence-electron chi connectivity index (χ2n) is 5.41. The molecular formula is C19H20N2O2. The molecule has 0 radical (unpaired) electrons. The third kappa shape index (κ3) is 4.86. The predicted molar refractivity (Wildman–Crippen MR) is 88.9 cm³/mol. The Labute approximate surface area is 136 Å². The predicted octanol–water partition coefficient (Wildman–Crippen LogP) is 3.16. The minimum absolute atomic E-state index is 0.102. The highest BCUT2D eigenvalue weighted by atomic mass is 16.5. The number of ether oxygens (including phenoxy) is 1. The quantitative estimate of drug-likeness (QED) is 0.823. The maximum atomic E-state index is 12.2. The molecule has 0 bridgehead atoms. The SMILES string of the molecule is COc1ccc(CCC(=O)N(C)Cc2ccc(C#N)cc2)cc1. The van der Waals surface area contributed by atoms with E-state index in [1.807, 2.05) is 36.4 Å². The fraction of sp³-hybridized carbons (Fsp3) is 0.263. The van der Waals surface area contributed by atoms with Gasteiger partial charge in [0.1, 0.15) is 5.75 Å². The molecule has 2 rings (SSSR count). The summed E-state index contributed by atoms with van der Waals surface area (Å²) in [5.41, 5.74) is 2.76. The van der Waals surface area contributed by atoms with Gasteiger partial charge in [-0.3, -0.25) is 4.79 Å². The lowest BCUT2D eigenvalue weighted by Crippen LogP contribution is -2.26. The van der Waals surface area contributed by atoms with Gasteiger partial charge in [0.05, 0.1) is 18.7 Å². The number of nitrogens with zero attached hydrogens (tertiary/aromatic N) is 2. The molecule has 0 aliphatic carbocycles. The summed E-state index contributed by atoms with van der Waals surface area (Å²) >= 11 is 0. The van der Waals surface area contributed by atoms with E-state index in [0.29, 0.717) is 24.9 Å². The van der Waals surface area contributed by atoms with Crippen LogP contribution in [0.5, 0.6) is 5.75 Å². The average Bonchev–Trinajstić information content (AvgIpc) is 2.60. The average molecular weight is 308 g/mol. The lowest BCUT2D eigenvalue weighted by atomic mass is 10.1. The zero-order chi connectivity index (χ0) is 16.7. The van der Waals surface area contributed by atoms with Gasteiger partial charge >= 0.3 is 0 Å². The summed E-state index contributed by atoms with van der Waals surface area (Å²) in [5.74, 6) is 0.920. The van der Waals surface area contributed by atoms with Crippen LogP contribution in [-0.4, -0.2) is 25.0 Å². The monoisotopic (exact) mass is 308 g/mol. The Bertz CT molecular complexity index is 685. The highest BCUT2D eigenvalue weighted by molar-refractivity contribution is 5.76. The van der Waals surface area contributed by atoms with Crippen LogP contribution < -0.4 is 4.74 Å². The maximum absolute atomic E-state index is 12.2. The number of carbonyl (C=O) groups excluding carboxylic acids is 1. The maximum Gasteiger partial charge on any atom is 0.222 e. The zero-order valence-corrected chi connectivity index (χ0v) is 13.5. The van der Waals surface area contributed by atoms with Crippen molar-refractivity contribution < 1.29 is 9.53 Å². The summed E-state index contributed by atoms with van der Waals surface area (Å²) in [5, 5.41) is 8.79. The zero-order valence-electron chi connectivity index (χ0n) is 13.5. The first kappa shape index (κ1) is 16.6. The molecule has 118 valence electrons. The summed E-state index contributed by atoms with van der Waals surface area (Å²) in [4.78, 5) is 13.9. The highest BCUT2D eigenvalue weighted by Crippen LogP contribution is 2.13. The molecule has 0 N–H and O–H groups in total. The summed E-state index contributed by atoms with van der Waals surface area (Å²) in [7, 11) is 3.44. The molecule has 2 aromatic rings. The number of amides is 1. The number of nitriles is 1. The van der Waals surface area contributed by atoms with Gasteiger partial charge in [-0.1, -0.05) is 24.3 Å². The van der Waals surface area contributed by atoms with E-state index < -0.39 is 0 Å². The molecule has 0 aliphatic rings. The number of carbonyl (C=O) groups is 1. The number of benzene rings is 2. The van der Waals surface area contributed by atoms with Crippen LogP contribution in [0.15, 0.2) is 48.5 Å². The van der Waals surface area contributed by atoms with E-state index in [0.717, 1.165) is 16.9 Å². The van der Waals surface area contributed by atoms with Crippen molar-refractivity contribution in [2.24, 2.45) is 0 Å². The molecule has 0 unspecified atom stereocenters. The minimum atomic E-state index is 0.102. The van der Waals surface area contributed by atoms with Crippen molar-refractivity contribution >= 4 is 5.91 Å². The van der Waals surface area contributed by atoms with Gasteiger partial charge < -0.3 is 9.64 Å². The van der Waals surface area contributed by atoms with Gasteiger partial charge in [-0.25, -0.2) is 0 Å². The highest BCUT2D eigenvalue weighted by Gasteiger charge is 2.09. The van der Waals surface area contributed by atoms with Crippen molar-refractivity contribution in [2.75, 3.05) is 14.2 Å². The molecule has 0 heterocycles. The van der Waals surface area contributed by atoms with E-state index in [4.69, 9.17) is 10.00 Å². The fourth-order valence-corrected chi connectivity index (χ4v) is 2.28. The Morgan fingerprint density at radius 2 is 1.70 bits per heavy atom. The van der Waals surface area contributed by atoms with E-state index >= 15 is 0 Å². The van der Waals surface area contributed by atoms with Gasteiger partial charge in [0.25, 0.3) is 0 Å². The van der Waals surface area contributed by atoms with Crippen LogP contribution in [0, 0.1) is 11.3 Å². The normalized spacial score (nSPS) is 9.96. The van der Waals surface area contributed by atoms with Crippen LogP contribution in [0.1, 0.15) is 23.1 Å². The molecular weight excluding hydrogens is 288 g/mol. The van der Waals surface area contributed by atoms with Gasteiger partial charge in [-0.2, -0.15) is 5.26 Å². The molecule has 0 aliphatic heterocycles. The Morgan fingerprint density at radius 3 is 2.26 bits per heavy atom. The van der Waals surface area contributed by atoms with Gasteiger partial charge in [0.2, 0.25) is 5.91 Å². The Hall–Kier alpha value is -2.80. The Balaban J connectivity index is 1.85. The van der Waals surface area contributed by atoms with Crippen LogP contribution in [0.2, 0.25) is 0 Å². The van der Waals surface area contributed by atoms with Gasteiger partial charge in [0.15, 0.2) is 0 Å². The van der Waals surface area contributed by atoms with Gasteiger partial charge in [-0.15, -0.1) is 0 Å². The molecule has 0 fully saturated rings. The van der Waals surface area contributed by atoms with Crippen LogP contribution in [0.3, 0.4) is 0 Å². The van der Waals surface area contributed by atoms with E-state index in [-0.39, 0.29) is 5.91 Å².